The number of aryl methyl sites for hydroxylation is 1. The Kier molecular flexibility index (Phi) is 3.03. The summed E-state index contributed by atoms with van der Waals surface area (Å²) in [5.74, 6) is 1.01. The molecule has 21 heavy (non-hydrogen) atoms. The Labute approximate surface area is 125 Å². The third-order valence-electron chi connectivity index (χ3n) is 4.86. The first-order valence-electron chi connectivity index (χ1n) is 7.86. The molecule has 0 saturated carbocycles. The van der Waals surface area contributed by atoms with E-state index in [0.29, 0.717) is 6.04 Å². The first kappa shape index (κ1) is 13.0. The summed E-state index contributed by atoms with van der Waals surface area (Å²) in [6.07, 6.45) is 3.74. The zero-order valence-electron chi connectivity index (χ0n) is 12.4. The van der Waals surface area contributed by atoms with Crippen LogP contribution in [0.25, 0.3) is 0 Å². The number of para-hydroxylation sites is 1. The quantitative estimate of drug-likeness (QED) is 0.868. The highest BCUT2D eigenvalue weighted by Gasteiger charge is 2.29. The van der Waals surface area contributed by atoms with Gasteiger partial charge >= 0.3 is 0 Å². The van der Waals surface area contributed by atoms with Gasteiger partial charge < -0.3 is 14.4 Å². The van der Waals surface area contributed by atoms with Crippen molar-refractivity contribution in [1.29, 1.82) is 0 Å². The second kappa shape index (κ2) is 4.92. The molecule has 2 atom stereocenters. The zero-order valence-corrected chi connectivity index (χ0v) is 12.4. The summed E-state index contributed by atoms with van der Waals surface area (Å²) in [6.45, 7) is 2.92. The van der Waals surface area contributed by atoms with Crippen molar-refractivity contribution in [3.8, 4) is 5.75 Å². The van der Waals surface area contributed by atoms with Crippen LogP contribution in [0.2, 0.25) is 0 Å². The van der Waals surface area contributed by atoms with Gasteiger partial charge in [-0.25, -0.2) is 0 Å². The number of rotatable bonds is 1. The largest absolute Gasteiger partial charge is 0.493 e. The Hall–Kier alpha value is -1.74. The van der Waals surface area contributed by atoms with Crippen molar-refractivity contribution >= 4 is 0 Å². The third kappa shape index (κ3) is 1.99. The van der Waals surface area contributed by atoms with Crippen LogP contribution < -0.4 is 4.74 Å². The van der Waals surface area contributed by atoms with Gasteiger partial charge in [0.05, 0.1) is 18.8 Å². The maximum Gasteiger partial charge on any atom is 0.124 e. The predicted octanol–water partition coefficient (Wildman–Crippen LogP) is 3.54. The van der Waals surface area contributed by atoms with Crippen LogP contribution in [0.5, 0.6) is 5.75 Å². The van der Waals surface area contributed by atoms with Crippen LogP contribution in [0.15, 0.2) is 30.3 Å². The second-order valence-electron chi connectivity index (χ2n) is 6.16. The van der Waals surface area contributed by atoms with Crippen molar-refractivity contribution in [3.63, 3.8) is 0 Å². The number of aliphatic hydroxyl groups excluding tert-OH is 1. The monoisotopic (exact) mass is 283 g/mol. The second-order valence-corrected chi connectivity index (χ2v) is 6.16. The standard InChI is InChI=1S/C18H21NO2/c1-12-11-14-15(6-4-7-17(14)20)19(12)16-9-10-21-18-8-3-2-5-13(16)18/h2-3,5,8,11,16-17,20H,4,6-7,9-10H2,1H3. The summed E-state index contributed by atoms with van der Waals surface area (Å²) < 4.78 is 8.24. The summed E-state index contributed by atoms with van der Waals surface area (Å²) in [5.41, 5.74) is 4.99. The predicted molar refractivity (Wildman–Crippen MR) is 81.8 cm³/mol. The van der Waals surface area contributed by atoms with Crippen molar-refractivity contribution in [2.75, 3.05) is 6.61 Å². The lowest BCUT2D eigenvalue weighted by atomic mass is 9.94. The molecule has 2 aromatic rings. The van der Waals surface area contributed by atoms with Gasteiger partial charge in [-0.3, -0.25) is 0 Å². The molecule has 0 amide bonds. The van der Waals surface area contributed by atoms with Gasteiger partial charge in [0.15, 0.2) is 0 Å². The van der Waals surface area contributed by atoms with Gasteiger partial charge in [-0.05, 0) is 38.3 Å². The summed E-state index contributed by atoms with van der Waals surface area (Å²) in [7, 11) is 0. The van der Waals surface area contributed by atoms with E-state index in [0.717, 1.165) is 43.6 Å². The normalized spacial score (nSPS) is 24.1. The van der Waals surface area contributed by atoms with Crippen molar-refractivity contribution in [3.05, 3.63) is 52.8 Å². The minimum Gasteiger partial charge on any atom is -0.493 e. The fourth-order valence-corrected chi connectivity index (χ4v) is 3.93. The van der Waals surface area contributed by atoms with Crippen molar-refractivity contribution in [2.24, 2.45) is 0 Å². The van der Waals surface area contributed by atoms with Crippen LogP contribution in [0, 0.1) is 6.92 Å². The lowest BCUT2D eigenvalue weighted by molar-refractivity contribution is 0.155. The molecule has 1 N–H and O–H groups in total. The number of fused-ring (bicyclic) bond motifs is 2. The molecular weight excluding hydrogens is 262 g/mol. The van der Waals surface area contributed by atoms with Gasteiger partial charge in [0.1, 0.15) is 5.75 Å². The Morgan fingerprint density at radius 3 is 2.95 bits per heavy atom. The number of nitrogens with zero attached hydrogens (tertiary/aromatic N) is 1. The molecule has 1 aromatic carbocycles. The molecule has 3 heteroatoms. The highest BCUT2D eigenvalue weighted by molar-refractivity contribution is 5.41. The van der Waals surface area contributed by atoms with Crippen LogP contribution in [0.1, 0.15) is 53.9 Å². The maximum atomic E-state index is 10.3. The molecule has 1 aromatic heterocycles. The average molecular weight is 283 g/mol. The van der Waals surface area contributed by atoms with E-state index < -0.39 is 0 Å². The van der Waals surface area contributed by atoms with E-state index in [2.05, 4.69) is 35.8 Å². The fourth-order valence-electron chi connectivity index (χ4n) is 3.93. The molecule has 4 rings (SSSR count). The van der Waals surface area contributed by atoms with Crippen molar-refractivity contribution in [2.45, 2.75) is 44.8 Å². The molecule has 2 unspecified atom stereocenters. The fraction of sp³-hybridized carbons (Fsp3) is 0.444. The van der Waals surface area contributed by atoms with E-state index in [1.807, 2.05) is 6.07 Å². The first-order valence-corrected chi connectivity index (χ1v) is 7.86. The summed E-state index contributed by atoms with van der Waals surface area (Å²) in [6, 6.07) is 10.9. The number of aromatic nitrogens is 1. The third-order valence-corrected chi connectivity index (χ3v) is 4.86. The van der Waals surface area contributed by atoms with E-state index in [1.54, 1.807) is 0 Å². The van der Waals surface area contributed by atoms with Crippen molar-refractivity contribution in [1.82, 2.24) is 4.57 Å². The van der Waals surface area contributed by atoms with E-state index in [-0.39, 0.29) is 6.10 Å². The van der Waals surface area contributed by atoms with E-state index in [9.17, 15) is 5.11 Å². The smallest absolute Gasteiger partial charge is 0.124 e. The van der Waals surface area contributed by atoms with Gasteiger partial charge in [0.2, 0.25) is 0 Å². The first-order chi connectivity index (χ1) is 10.3. The Balaban J connectivity index is 1.85. The molecule has 2 aliphatic rings. The molecule has 1 aliphatic carbocycles. The molecule has 0 radical (unpaired) electrons. The van der Waals surface area contributed by atoms with Crippen LogP contribution in [-0.4, -0.2) is 16.3 Å². The molecule has 110 valence electrons. The Morgan fingerprint density at radius 1 is 1.19 bits per heavy atom. The van der Waals surface area contributed by atoms with Crippen LogP contribution in [-0.2, 0) is 6.42 Å². The van der Waals surface area contributed by atoms with Crippen LogP contribution in [0.4, 0.5) is 0 Å². The Bertz CT molecular complexity index is 674. The van der Waals surface area contributed by atoms with Crippen LogP contribution in [0.3, 0.4) is 0 Å². The molecule has 2 heterocycles. The highest BCUT2D eigenvalue weighted by atomic mass is 16.5. The van der Waals surface area contributed by atoms with Gasteiger partial charge in [-0.15, -0.1) is 0 Å². The molecule has 0 spiro atoms. The summed E-state index contributed by atoms with van der Waals surface area (Å²) in [4.78, 5) is 0. The lowest BCUT2D eigenvalue weighted by Crippen LogP contribution is -2.23. The summed E-state index contributed by atoms with van der Waals surface area (Å²) >= 11 is 0. The molecule has 1 aliphatic heterocycles. The SMILES string of the molecule is Cc1cc2c(n1C1CCOc3ccccc31)CCCC2O. The topological polar surface area (TPSA) is 34.4 Å². The van der Waals surface area contributed by atoms with Gasteiger partial charge in [0, 0.05) is 28.9 Å². The molecule has 0 fully saturated rings. The molecule has 0 saturated heterocycles. The van der Waals surface area contributed by atoms with E-state index in [4.69, 9.17) is 4.74 Å². The van der Waals surface area contributed by atoms with Crippen molar-refractivity contribution < 1.29 is 9.84 Å². The number of hydrogen-bond acceptors (Lipinski definition) is 2. The van der Waals surface area contributed by atoms with E-state index in [1.165, 1.54) is 17.0 Å². The number of benzene rings is 1. The Morgan fingerprint density at radius 2 is 2.05 bits per heavy atom. The zero-order chi connectivity index (χ0) is 14.4. The van der Waals surface area contributed by atoms with Gasteiger partial charge in [-0.1, -0.05) is 18.2 Å². The van der Waals surface area contributed by atoms with E-state index >= 15 is 0 Å². The molecule has 3 nitrogen and oxygen atoms in total. The molecule has 0 bridgehead atoms. The van der Waals surface area contributed by atoms with Gasteiger partial charge in [-0.2, -0.15) is 0 Å². The highest BCUT2D eigenvalue weighted by Crippen LogP contribution is 2.40. The van der Waals surface area contributed by atoms with Crippen LogP contribution >= 0.6 is 0 Å². The number of aliphatic hydroxyl groups is 1. The lowest BCUT2D eigenvalue weighted by Gasteiger charge is -2.31. The maximum absolute atomic E-state index is 10.3. The minimum atomic E-state index is -0.288. The average Bonchev–Trinajstić information content (AvgIpc) is 2.84. The minimum absolute atomic E-state index is 0.288. The number of ether oxygens (including phenoxy) is 1. The van der Waals surface area contributed by atoms with Gasteiger partial charge in [0.25, 0.3) is 0 Å². The summed E-state index contributed by atoms with van der Waals surface area (Å²) in [5, 5.41) is 10.3. The molecular formula is C18H21NO2. The number of hydrogen-bond donors (Lipinski definition) is 1.